The Balaban J connectivity index is 1.87. The van der Waals surface area contributed by atoms with Crippen molar-refractivity contribution in [3.8, 4) is 11.5 Å². The molecule has 22 heavy (non-hydrogen) atoms. The van der Waals surface area contributed by atoms with E-state index in [1.807, 2.05) is 0 Å². The molecule has 2 rings (SSSR count). The van der Waals surface area contributed by atoms with Crippen LogP contribution in [0.5, 0.6) is 11.5 Å². The van der Waals surface area contributed by atoms with Gasteiger partial charge in [-0.25, -0.2) is 4.79 Å². The summed E-state index contributed by atoms with van der Waals surface area (Å²) >= 11 is 0. The van der Waals surface area contributed by atoms with Crippen molar-refractivity contribution >= 4 is 11.8 Å². The minimum atomic E-state index is -4.39. The molecule has 0 saturated heterocycles. The number of anilines is 1. The van der Waals surface area contributed by atoms with Crippen molar-refractivity contribution in [2.45, 2.75) is 6.18 Å². The number of amides is 1. The summed E-state index contributed by atoms with van der Waals surface area (Å²) in [6.45, 7) is -1.37. The summed E-state index contributed by atoms with van der Waals surface area (Å²) in [6.07, 6.45) is -5.09. The molecule has 0 heterocycles. The molecule has 0 unspecified atom stereocenters. The molecule has 0 aromatic heterocycles. The van der Waals surface area contributed by atoms with E-state index in [1.54, 1.807) is 30.3 Å². The molecule has 2 aromatic rings. The Hall–Kier alpha value is -2.70. The van der Waals surface area contributed by atoms with E-state index in [1.165, 1.54) is 24.3 Å². The van der Waals surface area contributed by atoms with E-state index in [0.29, 0.717) is 11.4 Å². The predicted octanol–water partition coefficient (Wildman–Crippen LogP) is 4.24. The Bertz CT molecular complexity index is 612. The van der Waals surface area contributed by atoms with Crippen LogP contribution in [0.25, 0.3) is 0 Å². The first-order valence-corrected chi connectivity index (χ1v) is 6.26. The van der Waals surface area contributed by atoms with Crippen molar-refractivity contribution in [3.63, 3.8) is 0 Å². The first-order chi connectivity index (χ1) is 10.4. The second kappa shape index (κ2) is 6.84. The van der Waals surface area contributed by atoms with Gasteiger partial charge in [0.25, 0.3) is 0 Å². The summed E-state index contributed by atoms with van der Waals surface area (Å²) in [4.78, 5) is 11.6. The van der Waals surface area contributed by atoms with Gasteiger partial charge < -0.3 is 9.47 Å². The second-order valence-corrected chi connectivity index (χ2v) is 4.26. The first-order valence-electron chi connectivity index (χ1n) is 6.26. The fourth-order valence-electron chi connectivity index (χ4n) is 1.54. The number of hydrogen-bond donors (Lipinski definition) is 1. The molecule has 1 N–H and O–H groups in total. The molecule has 0 bridgehead atoms. The molecule has 0 saturated carbocycles. The molecule has 4 nitrogen and oxygen atoms in total. The van der Waals surface area contributed by atoms with Crippen molar-refractivity contribution in [3.05, 3.63) is 54.6 Å². The number of alkyl halides is 3. The number of benzene rings is 2. The predicted molar refractivity (Wildman–Crippen MR) is 74.1 cm³/mol. The average molecular weight is 311 g/mol. The Labute approximate surface area is 124 Å². The van der Waals surface area contributed by atoms with Gasteiger partial charge in [-0.1, -0.05) is 18.2 Å². The van der Waals surface area contributed by atoms with Gasteiger partial charge in [0.2, 0.25) is 0 Å². The van der Waals surface area contributed by atoms with E-state index in [-0.39, 0.29) is 5.75 Å². The molecule has 7 heteroatoms. The summed E-state index contributed by atoms with van der Waals surface area (Å²) < 4.78 is 45.6. The maximum Gasteiger partial charge on any atom is 0.422 e. The third-order valence-electron chi connectivity index (χ3n) is 2.46. The Morgan fingerprint density at radius 3 is 2.18 bits per heavy atom. The third-order valence-corrected chi connectivity index (χ3v) is 2.46. The van der Waals surface area contributed by atoms with E-state index in [0.717, 1.165) is 0 Å². The highest BCUT2D eigenvalue weighted by atomic mass is 19.4. The summed E-state index contributed by atoms with van der Waals surface area (Å²) in [7, 11) is 0. The van der Waals surface area contributed by atoms with E-state index in [2.05, 4.69) is 10.1 Å². The molecule has 0 spiro atoms. The average Bonchev–Trinajstić information content (AvgIpc) is 2.47. The number of para-hydroxylation sites is 1. The molecule has 0 fully saturated rings. The summed E-state index contributed by atoms with van der Waals surface area (Å²) in [5.41, 5.74) is 0.375. The summed E-state index contributed by atoms with van der Waals surface area (Å²) in [5, 5.41) is 2.45. The van der Waals surface area contributed by atoms with Crippen molar-refractivity contribution in [1.82, 2.24) is 0 Å². The van der Waals surface area contributed by atoms with Crippen LogP contribution in [-0.2, 0) is 0 Å². The largest absolute Gasteiger partial charge is 0.484 e. The lowest BCUT2D eigenvalue weighted by Crippen LogP contribution is -2.19. The lowest BCUT2D eigenvalue weighted by Gasteiger charge is -2.10. The van der Waals surface area contributed by atoms with Crippen LogP contribution < -0.4 is 14.8 Å². The zero-order chi connectivity index (χ0) is 16.0. The lowest BCUT2D eigenvalue weighted by atomic mass is 10.3. The van der Waals surface area contributed by atoms with Crippen LogP contribution in [0.4, 0.5) is 23.7 Å². The Morgan fingerprint density at radius 2 is 1.59 bits per heavy atom. The fraction of sp³-hybridized carbons (Fsp3) is 0.133. The maximum absolute atomic E-state index is 12.0. The van der Waals surface area contributed by atoms with Crippen molar-refractivity contribution in [1.29, 1.82) is 0 Å². The molecule has 116 valence electrons. The van der Waals surface area contributed by atoms with Gasteiger partial charge >= 0.3 is 12.3 Å². The van der Waals surface area contributed by atoms with Gasteiger partial charge in [0.1, 0.15) is 11.5 Å². The highest BCUT2D eigenvalue weighted by molar-refractivity contribution is 5.86. The van der Waals surface area contributed by atoms with Crippen LogP contribution in [0.15, 0.2) is 54.6 Å². The van der Waals surface area contributed by atoms with E-state index in [9.17, 15) is 18.0 Å². The lowest BCUT2D eigenvalue weighted by molar-refractivity contribution is -0.153. The highest BCUT2D eigenvalue weighted by Crippen LogP contribution is 2.20. The number of hydrogen-bond acceptors (Lipinski definition) is 3. The number of carbonyl (C=O) groups is 1. The highest BCUT2D eigenvalue weighted by Gasteiger charge is 2.28. The van der Waals surface area contributed by atoms with Gasteiger partial charge in [-0.2, -0.15) is 13.2 Å². The van der Waals surface area contributed by atoms with Crippen molar-refractivity contribution in [2.24, 2.45) is 0 Å². The molecule has 0 aliphatic heterocycles. The number of nitrogens with one attached hydrogen (secondary N) is 1. The maximum atomic E-state index is 12.0. The van der Waals surface area contributed by atoms with Crippen molar-refractivity contribution < 1.29 is 27.4 Å². The first kappa shape index (κ1) is 15.7. The molecule has 0 atom stereocenters. The van der Waals surface area contributed by atoms with E-state index >= 15 is 0 Å². The van der Waals surface area contributed by atoms with Crippen LogP contribution in [0.3, 0.4) is 0 Å². The topological polar surface area (TPSA) is 47.6 Å². The fourth-order valence-corrected chi connectivity index (χ4v) is 1.54. The van der Waals surface area contributed by atoms with Crippen molar-refractivity contribution in [2.75, 3.05) is 11.9 Å². The zero-order valence-corrected chi connectivity index (χ0v) is 11.3. The molecular weight excluding hydrogens is 299 g/mol. The van der Waals surface area contributed by atoms with Gasteiger partial charge in [0.15, 0.2) is 6.61 Å². The monoisotopic (exact) mass is 311 g/mol. The zero-order valence-electron chi connectivity index (χ0n) is 11.3. The van der Waals surface area contributed by atoms with Gasteiger partial charge in [-0.05, 0) is 36.4 Å². The third kappa shape index (κ3) is 5.35. The van der Waals surface area contributed by atoms with Gasteiger partial charge in [-0.15, -0.1) is 0 Å². The second-order valence-electron chi connectivity index (χ2n) is 4.26. The number of rotatable bonds is 4. The van der Waals surface area contributed by atoms with Crippen LogP contribution >= 0.6 is 0 Å². The number of carbonyl (C=O) groups excluding carboxylic acids is 1. The van der Waals surface area contributed by atoms with Crippen LogP contribution in [-0.4, -0.2) is 18.9 Å². The standard InChI is InChI=1S/C15H12F3NO3/c16-15(17,18)10-21-12-8-6-11(7-9-12)19-14(20)22-13-4-2-1-3-5-13/h1-9H,10H2,(H,19,20). The van der Waals surface area contributed by atoms with Gasteiger partial charge in [0.05, 0.1) is 0 Å². The van der Waals surface area contributed by atoms with Crippen LogP contribution in [0.1, 0.15) is 0 Å². The van der Waals surface area contributed by atoms with Crippen LogP contribution in [0.2, 0.25) is 0 Å². The quantitative estimate of drug-likeness (QED) is 0.918. The van der Waals surface area contributed by atoms with E-state index in [4.69, 9.17) is 4.74 Å². The molecular formula is C15H12F3NO3. The molecule has 2 aromatic carbocycles. The molecule has 1 amide bonds. The normalized spacial score (nSPS) is 10.9. The Kier molecular flexibility index (Phi) is 4.88. The summed E-state index contributed by atoms with van der Waals surface area (Å²) in [6, 6.07) is 13.9. The minimum Gasteiger partial charge on any atom is -0.484 e. The number of halogens is 3. The summed E-state index contributed by atoms with van der Waals surface area (Å²) in [5.74, 6) is 0.435. The SMILES string of the molecule is O=C(Nc1ccc(OCC(F)(F)F)cc1)Oc1ccccc1. The van der Waals surface area contributed by atoms with Crippen LogP contribution in [0, 0.1) is 0 Å². The molecule has 0 radical (unpaired) electrons. The van der Waals surface area contributed by atoms with E-state index < -0.39 is 18.9 Å². The molecule has 0 aliphatic rings. The number of ether oxygens (including phenoxy) is 2. The molecule has 0 aliphatic carbocycles. The van der Waals surface area contributed by atoms with Gasteiger partial charge in [-0.3, -0.25) is 5.32 Å². The minimum absolute atomic E-state index is 0.0549. The smallest absolute Gasteiger partial charge is 0.422 e. The Morgan fingerprint density at radius 1 is 0.955 bits per heavy atom. The van der Waals surface area contributed by atoms with Gasteiger partial charge in [0, 0.05) is 5.69 Å².